The van der Waals surface area contributed by atoms with Crippen molar-refractivity contribution >= 4 is 0 Å². The van der Waals surface area contributed by atoms with Crippen LogP contribution in [-0.4, -0.2) is 15.3 Å². The first-order valence-electron chi connectivity index (χ1n) is 7.83. The summed E-state index contributed by atoms with van der Waals surface area (Å²) in [6.07, 6.45) is 2.16. The van der Waals surface area contributed by atoms with E-state index in [2.05, 4.69) is 22.2 Å². The smallest absolute Gasteiger partial charge is 0.231 e. The highest BCUT2D eigenvalue weighted by atomic mass is 16.5. The van der Waals surface area contributed by atoms with Crippen molar-refractivity contribution in [3.05, 3.63) is 52.7 Å². The molecule has 1 aromatic carbocycles. The average molecular weight is 312 g/mol. The quantitative estimate of drug-likeness (QED) is 0.752. The van der Waals surface area contributed by atoms with Gasteiger partial charge in [0.15, 0.2) is 0 Å². The molecule has 6 heteroatoms. The van der Waals surface area contributed by atoms with Gasteiger partial charge in [-0.1, -0.05) is 48.4 Å². The fourth-order valence-electron chi connectivity index (χ4n) is 2.52. The van der Waals surface area contributed by atoms with E-state index in [0.717, 1.165) is 41.0 Å². The van der Waals surface area contributed by atoms with Crippen molar-refractivity contribution in [2.45, 2.75) is 39.7 Å². The summed E-state index contributed by atoms with van der Waals surface area (Å²) in [6, 6.07) is 7.84. The molecule has 6 nitrogen and oxygen atoms in total. The normalized spacial score (nSPS) is 11.1. The highest BCUT2D eigenvalue weighted by molar-refractivity contribution is 5.54. The predicted octanol–water partition coefficient (Wildman–Crippen LogP) is 2.90. The molecule has 0 aliphatic rings. The van der Waals surface area contributed by atoms with Gasteiger partial charge >= 0.3 is 0 Å². The van der Waals surface area contributed by atoms with E-state index in [4.69, 9.17) is 14.8 Å². The van der Waals surface area contributed by atoms with Crippen LogP contribution >= 0.6 is 0 Å². The van der Waals surface area contributed by atoms with Crippen LogP contribution in [-0.2, 0) is 25.8 Å². The first kappa shape index (κ1) is 15.4. The summed E-state index contributed by atoms with van der Waals surface area (Å²) >= 11 is 0. The van der Waals surface area contributed by atoms with Crippen molar-refractivity contribution in [1.29, 1.82) is 0 Å². The maximum Gasteiger partial charge on any atom is 0.231 e. The highest BCUT2D eigenvalue weighted by Crippen LogP contribution is 2.21. The minimum absolute atomic E-state index is 0.519. The predicted molar refractivity (Wildman–Crippen MR) is 85.7 cm³/mol. The third-order valence-corrected chi connectivity index (χ3v) is 3.85. The summed E-state index contributed by atoms with van der Waals surface area (Å²) in [7, 11) is 0. The number of rotatable bonds is 6. The molecule has 0 aliphatic heterocycles. The van der Waals surface area contributed by atoms with Crippen molar-refractivity contribution < 1.29 is 9.05 Å². The van der Waals surface area contributed by atoms with Gasteiger partial charge in [0.2, 0.25) is 11.7 Å². The van der Waals surface area contributed by atoms with E-state index in [1.807, 2.05) is 31.2 Å². The Bertz CT molecular complexity index is 753. The van der Waals surface area contributed by atoms with Gasteiger partial charge in [-0.3, -0.25) is 0 Å². The molecular weight excluding hydrogens is 292 g/mol. The van der Waals surface area contributed by atoms with Crippen molar-refractivity contribution in [1.82, 2.24) is 15.3 Å². The Labute approximate surface area is 134 Å². The molecule has 3 rings (SSSR count). The molecule has 0 amide bonds. The second-order valence-electron chi connectivity index (χ2n) is 5.33. The number of nitrogens with two attached hydrogens (primary N) is 1. The molecule has 2 heterocycles. The lowest BCUT2D eigenvalue weighted by atomic mass is 10.1. The number of nitrogens with zero attached hydrogens (tertiary/aromatic N) is 3. The third kappa shape index (κ3) is 3.17. The van der Waals surface area contributed by atoms with Crippen molar-refractivity contribution in [2.24, 2.45) is 5.73 Å². The van der Waals surface area contributed by atoms with E-state index in [0.29, 0.717) is 24.7 Å². The fraction of sp³-hybridized carbons (Fsp3) is 0.353. The summed E-state index contributed by atoms with van der Waals surface area (Å²) in [5.41, 5.74) is 9.60. The van der Waals surface area contributed by atoms with Crippen LogP contribution in [0.15, 0.2) is 33.3 Å². The summed E-state index contributed by atoms with van der Waals surface area (Å²) < 4.78 is 10.8. The molecule has 0 spiro atoms. The van der Waals surface area contributed by atoms with Gasteiger partial charge in [-0.2, -0.15) is 4.98 Å². The van der Waals surface area contributed by atoms with Crippen LogP contribution in [0.3, 0.4) is 0 Å². The number of aryl methyl sites for hydroxylation is 2. The monoisotopic (exact) mass is 312 g/mol. The van der Waals surface area contributed by atoms with Crippen molar-refractivity contribution in [2.75, 3.05) is 0 Å². The van der Waals surface area contributed by atoms with Gasteiger partial charge in [-0.15, -0.1) is 0 Å². The first-order chi connectivity index (χ1) is 11.2. The Balaban J connectivity index is 1.83. The molecule has 0 fully saturated rings. The lowest BCUT2D eigenvalue weighted by Gasteiger charge is -1.98. The Morgan fingerprint density at radius 3 is 2.43 bits per heavy atom. The van der Waals surface area contributed by atoms with Crippen LogP contribution in [0.4, 0.5) is 0 Å². The van der Waals surface area contributed by atoms with Gasteiger partial charge < -0.3 is 14.8 Å². The minimum atomic E-state index is 0.519. The minimum Gasteiger partial charge on any atom is -0.361 e. The lowest BCUT2D eigenvalue weighted by Crippen LogP contribution is -1.96. The first-order valence-corrected chi connectivity index (χ1v) is 7.83. The van der Waals surface area contributed by atoms with Crippen LogP contribution in [0.1, 0.15) is 42.3 Å². The van der Waals surface area contributed by atoms with Crippen LogP contribution in [0.25, 0.3) is 11.4 Å². The maximum absolute atomic E-state index is 5.61. The van der Waals surface area contributed by atoms with Gasteiger partial charge in [0, 0.05) is 24.1 Å². The van der Waals surface area contributed by atoms with E-state index in [9.17, 15) is 0 Å². The molecular formula is C17H20N4O2. The van der Waals surface area contributed by atoms with Crippen molar-refractivity contribution in [3.63, 3.8) is 0 Å². The molecule has 2 N–H and O–H groups in total. The highest BCUT2D eigenvalue weighted by Gasteiger charge is 2.17. The van der Waals surface area contributed by atoms with E-state index in [1.54, 1.807) is 0 Å². The van der Waals surface area contributed by atoms with Gasteiger partial charge in [-0.05, 0) is 12.0 Å². The number of aromatic nitrogens is 3. The summed E-state index contributed by atoms with van der Waals surface area (Å²) in [5.74, 6) is 2.03. The average Bonchev–Trinajstić information content (AvgIpc) is 3.22. The summed E-state index contributed by atoms with van der Waals surface area (Å²) in [5, 5.41) is 8.17. The lowest BCUT2D eigenvalue weighted by molar-refractivity contribution is 0.375. The zero-order chi connectivity index (χ0) is 16.2. The molecule has 2 aromatic heterocycles. The number of benzene rings is 1. The molecule has 0 aliphatic carbocycles. The topological polar surface area (TPSA) is 91.0 Å². The number of hydrogen-bond donors (Lipinski definition) is 1. The second-order valence-corrected chi connectivity index (χ2v) is 5.33. The number of hydrogen-bond acceptors (Lipinski definition) is 6. The summed E-state index contributed by atoms with van der Waals surface area (Å²) in [6.45, 7) is 4.62. The zero-order valence-electron chi connectivity index (χ0n) is 13.4. The maximum atomic E-state index is 5.61. The SMILES string of the molecule is CCc1noc(CC)c1Cc1nc(-c2ccc(CN)cc2)no1. The standard InChI is InChI=1S/C17H20N4O2/c1-3-14-13(15(4-2)22-20-14)9-16-19-17(21-23-16)12-7-5-11(10-18)6-8-12/h5-8H,3-4,9-10,18H2,1-2H3. The Morgan fingerprint density at radius 2 is 1.78 bits per heavy atom. The molecule has 120 valence electrons. The molecule has 0 saturated heterocycles. The van der Waals surface area contributed by atoms with Gasteiger partial charge in [0.25, 0.3) is 0 Å². The van der Waals surface area contributed by atoms with Crippen LogP contribution in [0, 0.1) is 0 Å². The van der Waals surface area contributed by atoms with Crippen molar-refractivity contribution in [3.8, 4) is 11.4 Å². The van der Waals surface area contributed by atoms with Gasteiger partial charge in [-0.25, -0.2) is 0 Å². The van der Waals surface area contributed by atoms with Crippen LogP contribution < -0.4 is 5.73 Å². The Morgan fingerprint density at radius 1 is 1.00 bits per heavy atom. The molecule has 0 saturated carbocycles. The van der Waals surface area contributed by atoms with E-state index in [-0.39, 0.29) is 0 Å². The summed E-state index contributed by atoms with van der Waals surface area (Å²) in [4.78, 5) is 4.48. The van der Waals surface area contributed by atoms with E-state index < -0.39 is 0 Å². The Kier molecular flexibility index (Phi) is 4.52. The second kappa shape index (κ2) is 6.75. The third-order valence-electron chi connectivity index (χ3n) is 3.85. The molecule has 0 unspecified atom stereocenters. The van der Waals surface area contributed by atoms with E-state index in [1.165, 1.54) is 0 Å². The molecule has 0 bridgehead atoms. The largest absolute Gasteiger partial charge is 0.361 e. The molecule has 23 heavy (non-hydrogen) atoms. The van der Waals surface area contributed by atoms with Gasteiger partial charge in [0.1, 0.15) is 5.76 Å². The molecule has 0 radical (unpaired) electrons. The molecule has 0 atom stereocenters. The fourth-order valence-corrected chi connectivity index (χ4v) is 2.52. The van der Waals surface area contributed by atoms with Crippen LogP contribution in [0.5, 0.6) is 0 Å². The van der Waals surface area contributed by atoms with Crippen LogP contribution in [0.2, 0.25) is 0 Å². The van der Waals surface area contributed by atoms with E-state index >= 15 is 0 Å². The Hall–Kier alpha value is -2.47. The zero-order valence-corrected chi connectivity index (χ0v) is 13.4. The van der Waals surface area contributed by atoms with Gasteiger partial charge in [0.05, 0.1) is 12.1 Å². The molecule has 3 aromatic rings.